The lowest BCUT2D eigenvalue weighted by molar-refractivity contribution is 0.112. The van der Waals surface area contributed by atoms with E-state index in [0.717, 1.165) is 12.2 Å². The first-order valence-electron chi connectivity index (χ1n) is 6.67. The molecule has 0 fully saturated rings. The summed E-state index contributed by atoms with van der Waals surface area (Å²) < 4.78 is 11.2. The second-order valence-corrected chi connectivity index (χ2v) is 4.41. The second-order valence-electron chi connectivity index (χ2n) is 4.41. The minimum atomic E-state index is 0.325. The van der Waals surface area contributed by atoms with E-state index in [-0.39, 0.29) is 0 Å². The van der Waals surface area contributed by atoms with Crippen LogP contribution in [0.5, 0.6) is 17.2 Å². The van der Waals surface area contributed by atoms with Crippen molar-refractivity contribution in [2.45, 2.75) is 13.3 Å². The monoisotopic (exact) mass is 281 g/mol. The van der Waals surface area contributed by atoms with Gasteiger partial charge < -0.3 is 9.47 Å². The maximum Gasteiger partial charge on any atom is 0.150 e. The Balaban J connectivity index is 2.14. The van der Waals surface area contributed by atoms with Crippen LogP contribution in [-0.2, 0) is 0 Å². The van der Waals surface area contributed by atoms with Crippen LogP contribution in [0.2, 0.25) is 0 Å². The Kier molecular flexibility index (Phi) is 4.94. The minimum Gasteiger partial charge on any atom is -0.494 e. The fourth-order valence-corrected chi connectivity index (χ4v) is 1.75. The van der Waals surface area contributed by atoms with Crippen molar-refractivity contribution in [3.05, 3.63) is 53.6 Å². The molecule has 21 heavy (non-hydrogen) atoms. The van der Waals surface area contributed by atoms with E-state index in [4.69, 9.17) is 14.7 Å². The van der Waals surface area contributed by atoms with Gasteiger partial charge in [-0.2, -0.15) is 5.26 Å². The van der Waals surface area contributed by atoms with Gasteiger partial charge in [-0.1, -0.05) is 6.92 Å². The molecular weight excluding hydrogens is 266 g/mol. The summed E-state index contributed by atoms with van der Waals surface area (Å²) in [7, 11) is 0. The highest BCUT2D eigenvalue weighted by Gasteiger charge is 2.06. The number of hydrogen-bond donors (Lipinski definition) is 0. The summed E-state index contributed by atoms with van der Waals surface area (Å²) in [6.07, 6.45) is 1.65. The Hall–Kier alpha value is -2.80. The molecule has 0 amide bonds. The van der Waals surface area contributed by atoms with Crippen LogP contribution in [-0.4, -0.2) is 12.9 Å². The molecule has 0 N–H and O–H groups in total. The molecule has 0 aliphatic rings. The third-order valence-electron chi connectivity index (χ3n) is 2.78. The predicted octanol–water partition coefficient (Wildman–Crippen LogP) is 3.95. The van der Waals surface area contributed by atoms with Crippen LogP contribution in [0.3, 0.4) is 0 Å². The molecule has 0 aliphatic heterocycles. The van der Waals surface area contributed by atoms with Gasteiger partial charge in [0.1, 0.15) is 29.6 Å². The maximum absolute atomic E-state index is 10.7. The highest BCUT2D eigenvalue weighted by Crippen LogP contribution is 2.27. The zero-order chi connectivity index (χ0) is 15.1. The van der Waals surface area contributed by atoms with E-state index in [0.29, 0.717) is 35.5 Å². The van der Waals surface area contributed by atoms with Crippen molar-refractivity contribution in [1.29, 1.82) is 5.26 Å². The average Bonchev–Trinajstić information content (AvgIpc) is 2.54. The predicted molar refractivity (Wildman–Crippen MR) is 78.8 cm³/mol. The lowest BCUT2D eigenvalue weighted by atomic mass is 10.1. The van der Waals surface area contributed by atoms with Crippen molar-refractivity contribution in [3.8, 4) is 23.3 Å². The number of hydrogen-bond acceptors (Lipinski definition) is 4. The molecular formula is C17H15NO3. The normalized spacial score (nSPS) is 9.71. The Morgan fingerprint density at radius 2 is 1.86 bits per heavy atom. The number of nitrogens with zero attached hydrogens (tertiary/aromatic N) is 1. The van der Waals surface area contributed by atoms with Gasteiger partial charge in [0.25, 0.3) is 0 Å². The maximum atomic E-state index is 10.7. The van der Waals surface area contributed by atoms with Crippen LogP contribution in [0.15, 0.2) is 42.5 Å². The molecule has 2 rings (SSSR count). The quantitative estimate of drug-likeness (QED) is 0.752. The molecule has 0 saturated heterocycles. The zero-order valence-corrected chi connectivity index (χ0v) is 11.7. The lowest BCUT2D eigenvalue weighted by Gasteiger charge is -2.09. The number of carbonyl (C=O) groups is 1. The van der Waals surface area contributed by atoms with Crippen molar-refractivity contribution in [1.82, 2.24) is 0 Å². The lowest BCUT2D eigenvalue weighted by Crippen LogP contribution is -1.95. The Bertz CT molecular complexity index is 657. The van der Waals surface area contributed by atoms with E-state index in [2.05, 4.69) is 0 Å². The molecule has 0 spiro atoms. The molecule has 2 aromatic rings. The molecule has 0 saturated carbocycles. The Morgan fingerprint density at radius 3 is 2.48 bits per heavy atom. The highest BCUT2D eigenvalue weighted by atomic mass is 16.5. The Labute approximate surface area is 123 Å². The standard InChI is InChI=1S/C17H15NO3/c1-2-9-20-15-4-6-16(7-5-15)21-17-8-3-13(12-19)10-14(17)11-18/h3-8,10,12H,2,9H2,1H3. The number of rotatable bonds is 6. The fraction of sp³-hybridized carbons (Fsp3) is 0.176. The fourth-order valence-electron chi connectivity index (χ4n) is 1.75. The van der Waals surface area contributed by atoms with E-state index in [9.17, 15) is 4.79 Å². The summed E-state index contributed by atoms with van der Waals surface area (Å²) in [5, 5.41) is 9.09. The number of benzene rings is 2. The highest BCUT2D eigenvalue weighted by molar-refractivity contribution is 5.76. The topological polar surface area (TPSA) is 59.3 Å². The average molecular weight is 281 g/mol. The van der Waals surface area contributed by atoms with E-state index >= 15 is 0 Å². The van der Waals surface area contributed by atoms with Crippen molar-refractivity contribution in [2.75, 3.05) is 6.61 Å². The van der Waals surface area contributed by atoms with Crippen molar-refractivity contribution in [2.24, 2.45) is 0 Å². The van der Waals surface area contributed by atoms with E-state index < -0.39 is 0 Å². The third kappa shape index (κ3) is 3.83. The molecule has 2 aromatic carbocycles. The summed E-state index contributed by atoms with van der Waals surface area (Å²) >= 11 is 0. The molecule has 4 nitrogen and oxygen atoms in total. The van der Waals surface area contributed by atoms with Gasteiger partial charge in [-0.3, -0.25) is 4.79 Å². The first-order valence-corrected chi connectivity index (χ1v) is 6.67. The van der Waals surface area contributed by atoms with Crippen LogP contribution in [0.4, 0.5) is 0 Å². The molecule has 4 heteroatoms. The van der Waals surface area contributed by atoms with Crippen molar-refractivity contribution < 1.29 is 14.3 Å². The van der Waals surface area contributed by atoms with Crippen molar-refractivity contribution in [3.63, 3.8) is 0 Å². The molecule has 0 atom stereocenters. The molecule has 106 valence electrons. The number of ether oxygens (including phenoxy) is 2. The van der Waals surface area contributed by atoms with Crippen molar-refractivity contribution >= 4 is 6.29 Å². The molecule has 0 unspecified atom stereocenters. The first-order chi connectivity index (χ1) is 10.3. The van der Waals surface area contributed by atoms with E-state index in [1.807, 2.05) is 25.1 Å². The van der Waals surface area contributed by atoms with Crippen LogP contribution in [0.1, 0.15) is 29.3 Å². The van der Waals surface area contributed by atoms with Gasteiger partial charge in [0.2, 0.25) is 0 Å². The summed E-state index contributed by atoms with van der Waals surface area (Å²) in [6.45, 7) is 2.72. The number of aldehydes is 1. The van der Waals surface area contributed by atoms with Gasteiger partial charge in [0, 0.05) is 5.56 Å². The van der Waals surface area contributed by atoms with Gasteiger partial charge in [0.15, 0.2) is 0 Å². The van der Waals surface area contributed by atoms with Gasteiger partial charge in [-0.15, -0.1) is 0 Å². The molecule has 0 aliphatic carbocycles. The number of nitriles is 1. The van der Waals surface area contributed by atoms with Gasteiger partial charge in [0.05, 0.1) is 12.2 Å². The summed E-state index contributed by atoms with van der Waals surface area (Å²) in [4.78, 5) is 10.7. The Morgan fingerprint density at radius 1 is 1.14 bits per heavy atom. The molecule has 0 aromatic heterocycles. The minimum absolute atomic E-state index is 0.325. The van der Waals surface area contributed by atoms with Gasteiger partial charge in [-0.25, -0.2) is 0 Å². The van der Waals surface area contributed by atoms with Crippen LogP contribution in [0.25, 0.3) is 0 Å². The second kappa shape index (κ2) is 7.11. The van der Waals surface area contributed by atoms with E-state index in [1.54, 1.807) is 24.3 Å². The van der Waals surface area contributed by atoms with Gasteiger partial charge in [-0.05, 0) is 48.9 Å². The summed E-state index contributed by atoms with van der Waals surface area (Å²) in [5.41, 5.74) is 0.771. The molecule has 0 heterocycles. The SMILES string of the molecule is CCCOc1ccc(Oc2ccc(C=O)cc2C#N)cc1. The van der Waals surface area contributed by atoms with Crippen LogP contribution >= 0.6 is 0 Å². The number of carbonyl (C=O) groups excluding carboxylic acids is 1. The zero-order valence-electron chi connectivity index (χ0n) is 11.7. The molecule has 0 bridgehead atoms. The molecule has 0 radical (unpaired) electrons. The van der Waals surface area contributed by atoms with E-state index in [1.165, 1.54) is 6.07 Å². The first kappa shape index (κ1) is 14.6. The third-order valence-corrected chi connectivity index (χ3v) is 2.78. The summed E-state index contributed by atoms with van der Waals surface area (Å²) in [5.74, 6) is 1.81. The smallest absolute Gasteiger partial charge is 0.150 e. The van der Waals surface area contributed by atoms with Crippen LogP contribution < -0.4 is 9.47 Å². The summed E-state index contributed by atoms with van der Waals surface area (Å²) in [6, 6.07) is 13.9. The van der Waals surface area contributed by atoms with Gasteiger partial charge >= 0.3 is 0 Å². The largest absolute Gasteiger partial charge is 0.494 e. The van der Waals surface area contributed by atoms with Crippen LogP contribution in [0, 0.1) is 11.3 Å².